The fourth-order valence-corrected chi connectivity index (χ4v) is 3.09. The van der Waals surface area contributed by atoms with E-state index in [4.69, 9.17) is 9.26 Å². The van der Waals surface area contributed by atoms with E-state index in [1.807, 2.05) is 24.3 Å². The van der Waals surface area contributed by atoms with Crippen LogP contribution in [0.1, 0.15) is 44.4 Å². The van der Waals surface area contributed by atoms with Crippen LogP contribution in [-0.4, -0.2) is 22.9 Å². The van der Waals surface area contributed by atoms with Gasteiger partial charge in [-0.3, -0.25) is 0 Å². The Morgan fingerprint density at radius 2 is 1.90 bits per heavy atom. The van der Waals surface area contributed by atoms with E-state index in [1.54, 1.807) is 0 Å². The summed E-state index contributed by atoms with van der Waals surface area (Å²) in [5, 5.41) is 4.11. The lowest BCUT2D eigenvalue weighted by molar-refractivity contribution is 0.0305. The normalized spacial score (nSPS) is 22.4. The molecular weight excluding hydrogens is 332 g/mol. The highest BCUT2D eigenvalue weighted by Gasteiger charge is 2.26. The Bertz CT molecular complexity index is 574. The van der Waals surface area contributed by atoms with E-state index in [0.29, 0.717) is 17.8 Å². The average Bonchev–Trinajstić information content (AvgIpc) is 2.99. The zero-order chi connectivity index (χ0) is 14.7. The third kappa shape index (κ3) is 3.52. The van der Waals surface area contributed by atoms with Crippen molar-refractivity contribution in [3.05, 3.63) is 34.6 Å². The predicted octanol–water partition coefficient (Wildman–Crippen LogP) is 4.56. The van der Waals surface area contributed by atoms with Gasteiger partial charge < -0.3 is 9.26 Å². The van der Waals surface area contributed by atoms with Crippen molar-refractivity contribution >= 4 is 15.9 Å². The number of hydrogen-bond donors (Lipinski definition) is 0. The molecule has 4 nitrogen and oxygen atoms in total. The maximum absolute atomic E-state index is 5.68. The standard InChI is InChI=1S/C16H19BrN2O2/c1-2-20-14-9-5-12(6-10-14)16-18-15(19-21-16)11-3-7-13(17)8-4-11/h3-4,7-8,12,14H,2,5-6,9-10H2,1H3. The molecule has 1 saturated carbocycles. The molecule has 5 heteroatoms. The lowest BCUT2D eigenvalue weighted by atomic mass is 9.87. The van der Waals surface area contributed by atoms with E-state index >= 15 is 0 Å². The minimum atomic E-state index is 0.374. The summed E-state index contributed by atoms with van der Waals surface area (Å²) in [5.41, 5.74) is 0.983. The number of nitrogens with zero attached hydrogens (tertiary/aromatic N) is 2. The van der Waals surface area contributed by atoms with Gasteiger partial charge in [0, 0.05) is 22.6 Å². The first kappa shape index (κ1) is 14.7. The van der Waals surface area contributed by atoms with Gasteiger partial charge in [0.15, 0.2) is 0 Å². The summed E-state index contributed by atoms with van der Waals surface area (Å²) in [6, 6.07) is 7.95. The van der Waals surface area contributed by atoms with Crippen LogP contribution in [0.3, 0.4) is 0 Å². The maximum atomic E-state index is 5.68. The van der Waals surface area contributed by atoms with E-state index in [-0.39, 0.29) is 0 Å². The molecule has 3 rings (SSSR count). The summed E-state index contributed by atoms with van der Waals surface area (Å²) in [6.07, 6.45) is 4.68. The summed E-state index contributed by atoms with van der Waals surface area (Å²) >= 11 is 3.43. The zero-order valence-corrected chi connectivity index (χ0v) is 13.7. The number of halogens is 1. The average molecular weight is 351 g/mol. The summed E-state index contributed by atoms with van der Waals surface area (Å²) in [5.74, 6) is 1.81. The maximum Gasteiger partial charge on any atom is 0.230 e. The summed E-state index contributed by atoms with van der Waals surface area (Å²) in [6.45, 7) is 2.85. The van der Waals surface area contributed by atoms with E-state index in [0.717, 1.165) is 48.2 Å². The topological polar surface area (TPSA) is 48.2 Å². The van der Waals surface area contributed by atoms with Crippen LogP contribution >= 0.6 is 15.9 Å². The lowest BCUT2D eigenvalue weighted by Gasteiger charge is -2.25. The van der Waals surface area contributed by atoms with Crippen LogP contribution < -0.4 is 0 Å². The molecule has 0 bridgehead atoms. The monoisotopic (exact) mass is 350 g/mol. The first-order valence-electron chi connectivity index (χ1n) is 7.47. The van der Waals surface area contributed by atoms with Crippen LogP contribution in [0.2, 0.25) is 0 Å². The molecular formula is C16H19BrN2O2. The molecule has 112 valence electrons. The molecule has 1 heterocycles. The Hall–Kier alpha value is -1.20. The van der Waals surface area contributed by atoms with Gasteiger partial charge in [-0.05, 0) is 56.9 Å². The number of hydrogen-bond acceptors (Lipinski definition) is 4. The fourth-order valence-electron chi connectivity index (χ4n) is 2.83. The van der Waals surface area contributed by atoms with Crippen LogP contribution in [0.25, 0.3) is 11.4 Å². The lowest BCUT2D eigenvalue weighted by Crippen LogP contribution is -2.20. The van der Waals surface area contributed by atoms with Crippen LogP contribution in [0.15, 0.2) is 33.3 Å². The van der Waals surface area contributed by atoms with Crippen LogP contribution in [0, 0.1) is 0 Å². The van der Waals surface area contributed by atoms with Gasteiger partial charge in [-0.15, -0.1) is 0 Å². The number of ether oxygens (including phenoxy) is 1. The van der Waals surface area contributed by atoms with Crippen molar-refractivity contribution in [2.45, 2.75) is 44.6 Å². The summed E-state index contributed by atoms with van der Waals surface area (Å²) < 4.78 is 12.2. The smallest absolute Gasteiger partial charge is 0.230 e. The van der Waals surface area contributed by atoms with Crippen molar-refractivity contribution < 1.29 is 9.26 Å². The van der Waals surface area contributed by atoms with Crippen molar-refractivity contribution in [2.24, 2.45) is 0 Å². The van der Waals surface area contributed by atoms with Crippen LogP contribution in [-0.2, 0) is 4.74 Å². The van der Waals surface area contributed by atoms with Gasteiger partial charge in [0.1, 0.15) is 0 Å². The summed E-state index contributed by atoms with van der Waals surface area (Å²) in [7, 11) is 0. The van der Waals surface area contributed by atoms with Gasteiger partial charge in [0.25, 0.3) is 0 Å². The molecule has 1 aliphatic carbocycles. The van der Waals surface area contributed by atoms with Gasteiger partial charge in [-0.2, -0.15) is 4.98 Å². The molecule has 0 amide bonds. The second-order valence-electron chi connectivity index (χ2n) is 5.39. The van der Waals surface area contributed by atoms with E-state index in [1.165, 1.54) is 0 Å². The molecule has 0 radical (unpaired) electrons. The fraction of sp³-hybridized carbons (Fsp3) is 0.500. The number of aromatic nitrogens is 2. The molecule has 0 atom stereocenters. The van der Waals surface area contributed by atoms with Gasteiger partial charge in [-0.1, -0.05) is 21.1 Å². The molecule has 2 aromatic rings. The van der Waals surface area contributed by atoms with E-state index in [2.05, 4.69) is 33.0 Å². The summed E-state index contributed by atoms with van der Waals surface area (Å²) in [4.78, 5) is 4.57. The second kappa shape index (κ2) is 6.71. The molecule has 0 saturated heterocycles. The Morgan fingerprint density at radius 1 is 1.19 bits per heavy atom. The molecule has 21 heavy (non-hydrogen) atoms. The van der Waals surface area contributed by atoms with E-state index in [9.17, 15) is 0 Å². The molecule has 0 N–H and O–H groups in total. The largest absolute Gasteiger partial charge is 0.379 e. The quantitative estimate of drug-likeness (QED) is 0.810. The van der Waals surface area contributed by atoms with Gasteiger partial charge in [-0.25, -0.2) is 0 Å². The highest BCUT2D eigenvalue weighted by molar-refractivity contribution is 9.10. The highest BCUT2D eigenvalue weighted by atomic mass is 79.9. The third-order valence-electron chi connectivity index (χ3n) is 3.97. The zero-order valence-electron chi connectivity index (χ0n) is 12.1. The van der Waals surface area contributed by atoms with Crippen molar-refractivity contribution in [2.75, 3.05) is 6.61 Å². The van der Waals surface area contributed by atoms with Crippen LogP contribution in [0.4, 0.5) is 0 Å². The van der Waals surface area contributed by atoms with Gasteiger partial charge in [0.2, 0.25) is 11.7 Å². The SMILES string of the molecule is CCOC1CCC(c2nc(-c3ccc(Br)cc3)no2)CC1. The first-order chi connectivity index (χ1) is 10.3. The van der Waals surface area contributed by atoms with Crippen molar-refractivity contribution in [3.8, 4) is 11.4 Å². The van der Waals surface area contributed by atoms with E-state index < -0.39 is 0 Å². The van der Waals surface area contributed by atoms with Gasteiger partial charge in [0.05, 0.1) is 6.10 Å². The molecule has 0 spiro atoms. The van der Waals surface area contributed by atoms with Crippen molar-refractivity contribution in [1.29, 1.82) is 0 Å². The Morgan fingerprint density at radius 3 is 2.57 bits per heavy atom. The van der Waals surface area contributed by atoms with Crippen molar-refractivity contribution in [3.63, 3.8) is 0 Å². The Kier molecular flexibility index (Phi) is 4.70. The van der Waals surface area contributed by atoms with Crippen molar-refractivity contribution in [1.82, 2.24) is 10.1 Å². The molecule has 1 aromatic carbocycles. The molecule has 0 aliphatic heterocycles. The molecule has 1 fully saturated rings. The molecule has 1 aromatic heterocycles. The minimum Gasteiger partial charge on any atom is -0.379 e. The minimum absolute atomic E-state index is 0.374. The predicted molar refractivity (Wildman–Crippen MR) is 84.1 cm³/mol. The number of benzene rings is 1. The second-order valence-corrected chi connectivity index (χ2v) is 6.31. The molecule has 1 aliphatic rings. The Labute approximate surface area is 133 Å². The Balaban J connectivity index is 1.67. The highest BCUT2D eigenvalue weighted by Crippen LogP contribution is 2.34. The molecule has 0 unspecified atom stereocenters. The van der Waals surface area contributed by atoms with Crippen LogP contribution in [0.5, 0.6) is 0 Å². The third-order valence-corrected chi connectivity index (χ3v) is 4.50. The number of rotatable bonds is 4. The van der Waals surface area contributed by atoms with Gasteiger partial charge >= 0.3 is 0 Å². The first-order valence-corrected chi connectivity index (χ1v) is 8.26.